The predicted octanol–water partition coefficient (Wildman–Crippen LogP) is 3.49. The zero-order valence-electron chi connectivity index (χ0n) is 23.3. The first-order chi connectivity index (χ1) is 19.9. The fourth-order valence-electron chi connectivity index (χ4n) is 3.97. The van der Waals surface area contributed by atoms with E-state index in [0.717, 1.165) is 5.01 Å². The highest BCUT2D eigenvalue weighted by molar-refractivity contribution is 6.31. The van der Waals surface area contributed by atoms with Gasteiger partial charge in [0.2, 0.25) is 5.91 Å². The smallest absolute Gasteiger partial charge is 0.412 e. The molecule has 0 saturated carbocycles. The summed E-state index contributed by atoms with van der Waals surface area (Å²) in [5.41, 5.74) is 3.21. The SMILES string of the molecule is CC(=O)N(NCc1cccc(F)c1Cl)[C@H](COC(=O)Nc1cc2cc(F)ccc2cn1)CC(O)COC(=O)CN(C)C. The van der Waals surface area contributed by atoms with Gasteiger partial charge >= 0.3 is 12.1 Å². The quantitative estimate of drug-likeness (QED) is 0.197. The van der Waals surface area contributed by atoms with Crippen molar-refractivity contribution in [1.82, 2.24) is 20.3 Å². The van der Waals surface area contributed by atoms with E-state index in [1.165, 1.54) is 43.5 Å². The van der Waals surface area contributed by atoms with Crippen LogP contribution in [0.3, 0.4) is 0 Å². The number of aliphatic hydroxyl groups is 1. The van der Waals surface area contributed by atoms with Crippen molar-refractivity contribution >= 4 is 46.2 Å². The maximum absolute atomic E-state index is 13.9. The van der Waals surface area contributed by atoms with E-state index >= 15 is 0 Å². The third-order valence-electron chi connectivity index (χ3n) is 5.92. The van der Waals surface area contributed by atoms with Gasteiger partial charge in [-0.3, -0.25) is 24.8 Å². The molecule has 0 radical (unpaired) electrons. The number of hydrogen-bond donors (Lipinski definition) is 3. The molecular formula is C28H32ClF2N5O6. The summed E-state index contributed by atoms with van der Waals surface area (Å²) in [7, 11) is 3.37. The number of carbonyl (C=O) groups is 3. The van der Waals surface area contributed by atoms with Crippen LogP contribution in [0.1, 0.15) is 18.9 Å². The number of nitrogens with one attached hydrogen (secondary N) is 2. The average molecular weight is 608 g/mol. The third kappa shape index (κ3) is 9.87. The number of carbonyl (C=O) groups excluding carboxylic acids is 3. The van der Waals surface area contributed by atoms with Crippen LogP contribution in [0.15, 0.2) is 48.7 Å². The van der Waals surface area contributed by atoms with Crippen molar-refractivity contribution in [1.29, 1.82) is 0 Å². The van der Waals surface area contributed by atoms with Gasteiger partial charge in [-0.15, -0.1) is 0 Å². The van der Waals surface area contributed by atoms with Crippen molar-refractivity contribution in [3.63, 3.8) is 0 Å². The lowest BCUT2D eigenvalue weighted by Gasteiger charge is -2.32. The molecule has 3 rings (SSSR count). The zero-order valence-corrected chi connectivity index (χ0v) is 24.0. The van der Waals surface area contributed by atoms with Gasteiger partial charge in [0.1, 0.15) is 30.7 Å². The second-order valence-electron chi connectivity index (χ2n) is 9.69. The molecule has 0 fully saturated rings. The number of aromatic nitrogens is 1. The lowest BCUT2D eigenvalue weighted by molar-refractivity contribution is -0.149. The molecule has 1 unspecified atom stereocenters. The Morgan fingerprint density at radius 1 is 1.07 bits per heavy atom. The first-order valence-electron chi connectivity index (χ1n) is 12.9. The second kappa shape index (κ2) is 15.4. The minimum Gasteiger partial charge on any atom is -0.462 e. The molecule has 0 spiro atoms. The average Bonchev–Trinajstić information content (AvgIpc) is 2.92. The first-order valence-corrected chi connectivity index (χ1v) is 13.2. The Bertz CT molecular complexity index is 1410. The van der Waals surface area contributed by atoms with E-state index in [9.17, 15) is 28.3 Å². The number of halogens is 3. The van der Waals surface area contributed by atoms with Gasteiger partial charge in [-0.05, 0) is 55.4 Å². The second-order valence-corrected chi connectivity index (χ2v) is 10.1. The fraction of sp³-hybridized carbons (Fsp3) is 0.357. The molecule has 2 aromatic carbocycles. The minimum atomic E-state index is -1.23. The number of hydrogen-bond acceptors (Lipinski definition) is 9. The minimum absolute atomic E-state index is 0.00437. The van der Waals surface area contributed by atoms with Crippen LogP contribution in [0.5, 0.6) is 0 Å². The first kappa shape index (κ1) is 32.6. The zero-order chi connectivity index (χ0) is 30.8. The number of anilines is 1. The Morgan fingerprint density at radius 3 is 2.55 bits per heavy atom. The molecule has 1 aromatic heterocycles. The summed E-state index contributed by atoms with van der Waals surface area (Å²) >= 11 is 6.04. The highest BCUT2D eigenvalue weighted by Gasteiger charge is 2.27. The number of rotatable bonds is 13. The van der Waals surface area contributed by atoms with Gasteiger partial charge in [-0.25, -0.2) is 24.0 Å². The molecule has 14 heteroatoms. The van der Waals surface area contributed by atoms with Gasteiger partial charge in [-0.1, -0.05) is 23.7 Å². The van der Waals surface area contributed by atoms with E-state index < -0.39 is 48.4 Å². The van der Waals surface area contributed by atoms with Gasteiger partial charge < -0.3 is 14.6 Å². The number of pyridine rings is 1. The van der Waals surface area contributed by atoms with Crippen LogP contribution in [0.25, 0.3) is 10.8 Å². The summed E-state index contributed by atoms with van der Waals surface area (Å²) in [5.74, 6) is -2.05. The van der Waals surface area contributed by atoms with Gasteiger partial charge in [-0.2, -0.15) is 0 Å². The van der Waals surface area contributed by atoms with Crippen LogP contribution >= 0.6 is 11.6 Å². The number of esters is 1. The molecule has 11 nitrogen and oxygen atoms in total. The monoisotopic (exact) mass is 607 g/mol. The van der Waals surface area contributed by atoms with Gasteiger partial charge in [0.25, 0.3) is 0 Å². The van der Waals surface area contributed by atoms with Crippen molar-refractivity contribution in [2.45, 2.75) is 32.0 Å². The number of fused-ring (bicyclic) bond motifs is 1. The van der Waals surface area contributed by atoms with Crippen molar-refractivity contribution in [2.24, 2.45) is 0 Å². The molecule has 2 atom stereocenters. The Labute approximate surface area is 246 Å². The summed E-state index contributed by atoms with van der Waals surface area (Å²) < 4.78 is 38.0. The molecule has 226 valence electrons. The van der Waals surface area contributed by atoms with Crippen LogP contribution in [0.4, 0.5) is 19.4 Å². The van der Waals surface area contributed by atoms with Crippen LogP contribution in [0, 0.1) is 11.6 Å². The summed E-state index contributed by atoms with van der Waals surface area (Å²) in [5, 5.41) is 15.2. The standard InChI is InChI=1S/C28H32ClF2N5O6/c1-17(37)36(33-13-19-5-4-6-24(31)27(19)29)22(11-23(38)16-41-26(39)14-35(2)3)15-42-28(40)34-25-10-20-9-21(30)8-7-18(20)12-32-25/h4-10,12,22-23,33,38H,11,13-16H2,1-3H3,(H,32,34,40)/t22-,23?/m0/s1. The Morgan fingerprint density at radius 2 is 1.83 bits per heavy atom. The highest BCUT2D eigenvalue weighted by Crippen LogP contribution is 2.21. The molecule has 0 saturated heterocycles. The molecule has 3 N–H and O–H groups in total. The molecule has 0 aliphatic rings. The summed E-state index contributed by atoms with van der Waals surface area (Å²) in [6, 6.07) is 8.86. The Kier molecular flexibility index (Phi) is 11.9. The van der Waals surface area contributed by atoms with Crippen molar-refractivity contribution < 1.29 is 37.7 Å². The van der Waals surface area contributed by atoms with Crippen LogP contribution in [0.2, 0.25) is 5.02 Å². The summed E-state index contributed by atoms with van der Waals surface area (Å²) in [6.45, 7) is 0.415. The van der Waals surface area contributed by atoms with Gasteiger partial charge in [0.15, 0.2) is 0 Å². The number of amides is 2. The predicted molar refractivity (Wildman–Crippen MR) is 151 cm³/mol. The van der Waals surface area contributed by atoms with E-state index in [0.29, 0.717) is 16.3 Å². The molecule has 3 aromatic rings. The van der Waals surface area contributed by atoms with Crippen LogP contribution in [-0.4, -0.2) is 84.0 Å². The molecular weight excluding hydrogens is 576 g/mol. The maximum atomic E-state index is 13.9. The lowest BCUT2D eigenvalue weighted by Crippen LogP contribution is -2.52. The van der Waals surface area contributed by atoms with E-state index in [1.54, 1.807) is 31.1 Å². The van der Waals surface area contributed by atoms with E-state index in [1.807, 2.05) is 0 Å². The molecule has 0 aliphatic heterocycles. The molecule has 0 aliphatic carbocycles. The van der Waals surface area contributed by atoms with Crippen LogP contribution < -0.4 is 10.7 Å². The Hall–Kier alpha value is -3.91. The molecule has 42 heavy (non-hydrogen) atoms. The van der Waals surface area contributed by atoms with Crippen molar-refractivity contribution in [3.05, 3.63) is 70.9 Å². The summed E-state index contributed by atoms with van der Waals surface area (Å²) in [4.78, 5) is 42.8. The number of hydrazine groups is 1. The topological polar surface area (TPSA) is 133 Å². The van der Waals surface area contributed by atoms with Gasteiger partial charge in [0.05, 0.1) is 23.7 Å². The highest BCUT2D eigenvalue weighted by atomic mass is 35.5. The normalized spacial score (nSPS) is 12.6. The Balaban J connectivity index is 1.71. The van der Waals surface area contributed by atoms with Gasteiger partial charge in [0, 0.05) is 31.5 Å². The fourth-order valence-corrected chi connectivity index (χ4v) is 4.16. The van der Waals surface area contributed by atoms with Crippen molar-refractivity contribution in [2.75, 3.05) is 39.2 Å². The molecule has 2 amide bonds. The number of aliphatic hydroxyl groups excluding tert-OH is 1. The maximum Gasteiger partial charge on any atom is 0.412 e. The summed E-state index contributed by atoms with van der Waals surface area (Å²) in [6.07, 6.45) is -0.863. The largest absolute Gasteiger partial charge is 0.462 e. The number of nitrogens with zero attached hydrogens (tertiary/aromatic N) is 3. The molecule has 0 bridgehead atoms. The number of likely N-dealkylation sites (N-methyl/N-ethyl adjacent to an activating group) is 1. The molecule has 1 heterocycles. The van der Waals surface area contributed by atoms with E-state index in [4.69, 9.17) is 21.1 Å². The number of ether oxygens (including phenoxy) is 2. The lowest BCUT2D eigenvalue weighted by atomic mass is 10.1. The van der Waals surface area contributed by atoms with E-state index in [-0.39, 0.29) is 37.0 Å². The van der Waals surface area contributed by atoms with E-state index in [2.05, 4.69) is 15.7 Å². The van der Waals surface area contributed by atoms with Crippen LogP contribution in [-0.2, 0) is 25.6 Å². The third-order valence-corrected chi connectivity index (χ3v) is 6.35. The number of benzene rings is 2. The van der Waals surface area contributed by atoms with Crippen molar-refractivity contribution in [3.8, 4) is 0 Å².